The summed E-state index contributed by atoms with van der Waals surface area (Å²) in [6, 6.07) is 12.3. The van der Waals surface area contributed by atoms with Crippen LogP contribution in [0.3, 0.4) is 0 Å². The molecule has 0 aliphatic carbocycles. The number of aryl methyl sites for hydroxylation is 3. The van der Waals surface area contributed by atoms with Gasteiger partial charge in [0.05, 0.1) is 17.6 Å². The van der Waals surface area contributed by atoms with Crippen LogP contribution >= 0.6 is 0 Å². The molecule has 0 saturated carbocycles. The maximum Gasteiger partial charge on any atom is 0.197 e. The summed E-state index contributed by atoms with van der Waals surface area (Å²) < 4.78 is 2.34. The summed E-state index contributed by atoms with van der Waals surface area (Å²) in [4.78, 5) is 18.0. The van der Waals surface area contributed by atoms with Crippen LogP contribution < -0.4 is 5.43 Å². The van der Waals surface area contributed by atoms with Crippen molar-refractivity contribution >= 4 is 21.8 Å². The number of benzene rings is 2. The Morgan fingerprint density at radius 3 is 2.31 bits per heavy atom. The monoisotopic (exact) mass is 393 g/mol. The number of para-hydroxylation sites is 1. The minimum absolute atomic E-state index is 0.143. The highest BCUT2D eigenvalue weighted by molar-refractivity contribution is 5.95. The molecule has 0 atom stereocenters. The lowest BCUT2D eigenvalue weighted by atomic mass is 10.0. The average Bonchev–Trinajstić information content (AvgIpc) is 2.71. The normalized spacial score (nSPS) is 16.1. The van der Waals surface area contributed by atoms with E-state index in [4.69, 9.17) is 5.11 Å². The average molecular weight is 394 g/mol. The Kier molecular flexibility index (Phi) is 5.99. The Labute approximate surface area is 172 Å². The SMILES string of the molecule is Cc1cc(C)c2c(=O)c3ccccc3n(CCCN3CCN(CCO)CC3)c2c1. The zero-order chi connectivity index (χ0) is 20.4. The van der Waals surface area contributed by atoms with E-state index in [1.54, 1.807) is 0 Å². The second-order valence-corrected chi connectivity index (χ2v) is 8.23. The molecule has 0 radical (unpaired) electrons. The number of β-amino-alcohol motifs (C(OH)–C–C–N with tert-alkyl or cyclic N) is 1. The van der Waals surface area contributed by atoms with Crippen molar-refractivity contribution in [1.82, 2.24) is 14.4 Å². The summed E-state index contributed by atoms with van der Waals surface area (Å²) in [5, 5.41) is 10.8. The third-order valence-corrected chi connectivity index (χ3v) is 6.15. The molecular weight excluding hydrogens is 362 g/mol. The van der Waals surface area contributed by atoms with Gasteiger partial charge >= 0.3 is 0 Å². The van der Waals surface area contributed by atoms with Crippen LogP contribution in [0.2, 0.25) is 0 Å². The molecule has 1 saturated heterocycles. The van der Waals surface area contributed by atoms with Crippen LogP contribution in [0.15, 0.2) is 41.2 Å². The molecule has 3 aromatic rings. The number of aliphatic hydroxyl groups excluding tert-OH is 1. The number of hydrogen-bond donors (Lipinski definition) is 1. The number of piperazine rings is 1. The lowest BCUT2D eigenvalue weighted by Crippen LogP contribution is -2.47. The van der Waals surface area contributed by atoms with E-state index < -0.39 is 0 Å². The summed E-state index contributed by atoms with van der Waals surface area (Å²) >= 11 is 0. The molecule has 1 N–H and O–H groups in total. The number of hydrogen-bond acceptors (Lipinski definition) is 4. The molecule has 5 heteroatoms. The Morgan fingerprint density at radius 1 is 0.897 bits per heavy atom. The number of rotatable bonds is 6. The van der Waals surface area contributed by atoms with Gasteiger partial charge in [-0.05, 0) is 56.1 Å². The van der Waals surface area contributed by atoms with Crippen molar-refractivity contribution in [2.45, 2.75) is 26.8 Å². The van der Waals surface area contributed by atoms with Gasteiger partial charge in [-0.2, -0.15) is 0 Å². The maximum atomic E-state index is 13.1. The quantitative estimate of drug-likeness (QED) is 0.655. The zero-order valence-corrected chi connectivity index (χ0v) is 17.5. The predicted octanol–water partition coefficient (Wildman–Crippen LogP) is 2.77. The summed E-state index contributed by atoms with van der Waals surface area (Å²) in [5.74, 6) is 0. The highest BCUT2D eigenvalue weighted by Gasteiger charge is 2.17. The first-order chi connectivity index (χ1) is 14.1. The van der Waals surface area contributed by atoms with Crippen molar-refractivity contribution in [2.75, 3.05) is 45.9 Å². The van der Waals surface area contributed by atoms with Crippen molar-refractivity contribution in [3.63, 3.8) is 0 Å². The van der Waals surface area contributed by atoms with Crippen LogP contribution in [-0.4, -0.2) is 65.3 Å². The Hall–Kier alpha value is -2.21. The van der Waals surface area contributed by atoms with Gasteiger partial charge < -0.3 is 14.6 Å². The van der Waals surface area contributed by atoms with Crippen molar-refractivity contribution in [3.8, 4) is 0 Å². The Bertz CT molecular complexity index is 1070. The number of nitrogens with zero attached hydrogens (tertiary/aromatic N) is 3. The van der Waals surface area contributed by atoms with Gasteiger partial charge in [0.1, 0.15) is 0 Å². The molecule has 0 bridgehead atoms. The molecular formula is C24H31N3O2. The van der Waals surface area contributed by atoms with E-state index >= 15 is 0 Å². The molecule has 5 nitrogen and oxygen atoms in total. The van der Waals surface area contributed by atoms with E-state index in [2.05, 4.69) is 39.5 Å². The van der Waals surface area contributed by atoms with E-state index in [1.165, 1.54) is 5.56 Å². The number of fused-ring (bicyclic) bond motifs is 2. The van der Waals surface area contributed by atoms with Gasteiger partial charge in [-0.1, -0.05) is 18.2 Å². The van der Waals surface area contributed by atoms with Crippen LogP contribution in [0, 0.1) is 13.8 Å². The van der Waals surface area contributed by atoms with Gasteiger partial charge in [0.2, 0.25) is 0 Å². The molecule has 4 rings (SSSR count). The summed E-state index contributed by atoms with van der Waals surface area (Å²) in [5.41, 5.74) is 4.48. The maximum absolute atomic E-state index is 13.1. The van der Waals surface area contributed by atoms with Gasteiger partial charge in [-0.25, -0.2) is 0 Å². The Morgan fingerprint density at radius 2 is 1.59 bits per heavy atom. The molecule has 2 aromatic carbocycles. The fourth-order valence-electron chi connectivity index (χ4n) is 4.69. The largest absolute Gasteiger partial charge is 0.395 e. The standard InChI is InChI=1S/C24H31N3O2/c1-18-16-19(2)23-22(17-18)27(21-7-4-3-6-20(21)24(23)29)9-5-8-25-10-12-26(13-11-25)14-15-28/h3-4,6-7,16-17,28H,5,8-15H2,1-2H3. The lowest BCUT2D eigenvalue weighted by molar-refractivity contribution is 0.111. The second kappa shape index (κ2) is 8.66. The van der Waals surface area contributed by atoms with Crippen LogP contribution in [0.4, 0.5) is 0 Å². The second-order valence-electron chi connectivity index (χ2n) is 8.23. The van der Waals surface area contributed by atoms with Gasteiger partial charge in [-0.15, -0.1) is 0 Å². The molecule has 1 aliphatic rings. The smallest absolute Gasteiger partial charge is 0.197 e. The molecule has 29 heavy (non-hydrogen) atoms. The van der Waals surface area contributed by atoms with Crippen molar-refractivity contribution in [3.05, 3.63) is 57.7 Å². The van der Waals surface area contributed by atoms with Crippen molar-refractivity contribution in [1.29, 1.82) is 0 Å². The van der Waals surface area contributed by atoms with Gasteiger partial charge in [0.25, 0.3) is 0 Å². The summed E-state index contributed by atoms with van der Waals surface area (Å²) in [6.07, 6.45) is 1.05. The molecule has 1 aliphatic heterocycles. The molecule has 1 aromatic heterocycles. The first-order valence-electron chi connectivity index (χ1n) is 10.7. The molecule has 0 spiro atoms. The molecule has 1 fully saturated rings. The van der Waals surface area contributed by atoms with E-state index in [1.807, 2.05) is 25.1 Å². The molecule has 0 amide bonds. The van der Waals surface area contributed by atoms with Crippen molar-refractivity contribution in [2.24, 2.45) is 0 Å². The Balaban J connectivity index is 1.60. The van der Waals surface area contributed by atoms with Crippen LogP contribution in [0.5, 0.6) is 0 Å². The highest BCUT2D eigenvalue weighted by Crippen LogP contribution is 2.23. The minimum Gasteiger partial charge on any atom is -0.395 e. The first-order valence-corrected chi connectivity index (χ1v) is 10.7. The lowest BCUT2D eigenvalue weighted by Gasteiger charge is -2.34. The fourth-order valence-corrected chi connectivity index (χ4v) is 4.69. The van der Waals surface area contributed by atoms with E-state index in [9.17, 15) is 4.79 Å². The molecule has 154 valence electrons. The van der Waals surface area contributed by atoms with E-state index in [-0.39, 0.29) is 12.0 Å². The van der Waals surface area contributed by atoms with E-state index in [0.29, 0.717) is 0 Å². The first kappa shape index (κ1) is 20.1. The third kappa shape index (κ3) is 4.08. The predicted molar refractivity (Wildman–Crippen MR) is 120 cm³/mol. The van der Waals surface area contributed by atoms with Crippen LogP contribution in [-0.2, 0) is 6.54 Å². The zero-order valence-electron chi connectivity index (χ0n) is 17.5. The summed E-state index contributed by atoms with van der Waals surface area (Å²) in [6.45, 7) is 11.3. The van der Waals surface area contributed by atoms with Crippen LogP contribution in [0.25, 0.3) is 21.8 Å². The van der Waals surface area contributed by atoms with Crippen molar-refractivity contribution < 1.29 is 5.11 Å². The topological polar surface area (TPSA) is 48.7 Å². The van der Waals surface area contributed by atoms with Gasteiger partial charge in [-0.3, -0.25) is 9.69 Å². The molecule has 0 unspecified atom stereocenters. The highest BCUT2D eigenvalue weighted by atomic mass is 16.3. The van der Waals surface area contributed by atoms with Crippen LogP contribution in [0.1, 0.15) is 17.5 Å². The summed E-state index contributed by atoms with van der Waals surface area (Å²) in [7, 11) is 0. The van der Waals surface area contributed by atoms with E-state index in [0.717, 1.165) is 79.6 Å². The number of aliphatic hydroxyl groups is 1. The minimum atomic E-state index is 0.143. The number of aromatic nitrogens is 1. The fraction of sp³-hybridized carbons (Fsp3) is 0.458. The van der Waals surface area contributed by atoms with Gasteiger partial charge in [0, 0.05) is 50.0 Å². The third-order valence-electron chi connectivity index (χ3n) is 6.15. The molecule has 2 heterocycles. The van der Waals surface area contributed by atoms with Gasteiger partial charge in [0.15, 0.2) is 5.43 Å². The number of pyridine rings is 1.